The van der Waals surface area contributed by atoms with Crippen molar-refractivity contribution in [1.29, 1.82) is 0 Å². The summed E-state index contributed by atoms with van der Waals surface area (Å²) >= 11 is 0. The van der Waals surface area contributed by atoms with E-state index >= 15 is 0 Å². The monoisotopic (exact) mass is 250 g/mol. The Morgan fingerprint density at radius 1 is 1.13 bits per heavy atom. The number of hydrogen-bond donors (Lipinski definition) is 1. The van der Waals surface area contributed by atoms with Gasteiger partial charge in [-0.2, -0.15) is 0 Å². The van der Waals surface area contributed by atoms with Crippen LogP contribution in [0.15, 0.2) is 24.3 Å². The summed E-state index contributed by atoms with van der Waals surface area (Å²) in [6.07, 6.45) is 2.13. The normalized spacial score (nSPS) is 8.73. The molecule has 0 amide bonds. The van der Waals surface area contributed by atoms with Gasteiger partial charge in [0, 0.05) is 19.8 Å². The number of nitrogens with two attached hydrogens (primary N) is 1. The Bertz CT molecular complexity index is 265. The minimum absolute atomic E-state index is 0. The second-order valence-corrected chi connectivity index (χ2v) is 3.42. The predicted octanol–water partition coefficient (Wildman–Crippen LogP) is 2.49. The van der Waals surface area contributed by atoms with Crippen molar-refractivity contribution >= 4 is 30.5 Å². The third kappa shape index (κ3) is 5.26. The van der Waals surface area contributed by atoms with E-state index in [1.165, 1.54) is 11.3 Å². The summed E-state index contributed by atoms with van der Waals surface area (Å²) in [6, 6.07) is 8.47. The molecule has 0 fully saturated rings. The standard InChI is InChI=1S/C11H18N2.2ClH/c1-13(2)11-8-4-3-6-10(11)7-5-9-12;;/h3-4,6,8H,5,7,9,12H2,1-2H3;2*1H. The third-order valence-electron chi connectivity index (χ3n) is 2.12. The van der Waals surface area contributed by atoms with Crippen molar-refractivity contribution in [2.75, 3.05) is 25.5 Å². The first-order chi connectivity index (χ1) is 6.25. The summed E-state index contributed by atoms with van der Waals surface area (Å²) in [7, 11) is 4.14. The lowest BCUT2D eigenvalue weighted by Crippen LogP contribution is -2.11. The van der Waals surface area contributed by atoms with Gasteiger partial charge in [-0.05, 0) is 31.0 Å². The third-order valence-corrected chi connectivity index (χ3v) is 2.12. The molecule has 2 nitrogen and oxygen atoms in total. The Morgan fingerprint density at radius 3 is 2.27 bits per heavy atom. The zero-order chi connectivity index (χ0) is 9.68. The van der Waals surface area contributed by atoms with Crippen LogP contribution in [0.4, 0.5) is 5.69 Å². The van der Waals surface area contributed by atoms with Crippen LogP contribution < -0.4 is 10.6 Å². The highest BCUT2D eigenvalue weighted by Crippen LogP contribution is 2.18. The molecule has 0 atom stereocenters. The summed E-state index contributed by atoms with van der Waals surface area (Å²) in [5.41, 5.74) is 8.18. The average molecular weight is 251 g/mol. The van der Waals surface area contributed by atoms with Crippen LogP contribution in [0.1, 0.15) is 12.0 Å². The number of para-hydroxylation sites is 1. The number of rotatable bonds is 4. The molecule has 0 aliphatic heterocycles. The van der Waals surface area contributed by atoms with Crippen molar-refractivity contribution in [2.45, 2.75) is 12.8 Å². The Morgan fingerprint density at radius 2 is 1.73 bits per heavy atom. The van der Waals surface area contributed by atoms with Crippen LogP contribution in [0.2, 0.25) is 0 Å². The lowest BCUT2D eigenvalue weighted by atomic mass is 10.1. The molecule has 0 unspecified atom stereocenters. The number of hydrogen-bond acceptors (Lipinski definition) is 2. The van der Waals surface area contributed by atoms with E-state index in [9.17, 15) is 0 Å². The molecule has 1 rings (SSSR count). The molecular formula is C11H20Cl2N2. The maximum atomic E-state index is 5.49. The van der Waals surface area contributed by atoms with E-state index in [-0.39, 0.29) is 24.8 Å². The van der Waals surface area contributed by atoms with E-state index < -0.39 is 0 Å². The molecule has 88 valence electrons. The summed E-state index contributed by atoms with van der Waals surface area (Å²) in [6.45, 7) is 0.766. The first kappa shape index (κ1) is 17.0. The first-order valence-corrected chi connectivity index (χ1v) is 4.71. The molecule has 0 aliphatic carbocycles. The highest BCUT2D eigenvalue weighted by Gasteiger charge is 2.01. The molecular weight excluding hydrogens is 231 g/mol. The van der Waals surface area contributed by atoms with Gasteiger partial charge >= 0.3 is 0 Å². The van der Waals surface area contributed by atoms with Gasteiger partial charge in [0.05, 0.1) is 0 Å². The Balaban J connectivity index is 0. The minimum Gasteiger partial charge on any atom is -0.377 e. The van der Waals surface area contributed by atoms with Crippen LogP contribution in [0.5, 0.6) is 0 Å². The van der Waals surface area contributed by atoms with Crippen molar-refractivity contribution in [3.8, 4) is 0 Å². The van der Waals surface area contributed by atoms with Crippen molar-refractivity contribution < 1.29 is 0 Å². The molecule has 0 radical (unpaired) electrons. The zero-order valence-electron chi connectivity index (χ0n) is 9.27. The maximum Gasteiger partial charge on any atom is 0.0393 e. The van der Waals surface area contributed by atoms with Gasteiger partial charge in [0.1, 0.15) is 0 Å². The number of nitrogens with zero attached hydrogens (tertiary/aromatic N) is 1. The molecule has 0 bridgehead atoms. The lowest BCUT2D eigenvalue weighted by molar-refractivity contribution is 0.829. The predicted molar refractivity (Wildman–Crippen MR) is 72.6 cm³/mol. The molecule has 2 N–H and O–H groups in total. The number of benzene rings is 1. The van der Waals surface area contributed by atoms with E-state index in [1.807, 2.05) is 0 Å². The molecule has 0 aliphatic rings. The molecule has 0 saturated carbocycles. The van der Waals surface area contributed by atoms with Crippen molar-refractivity contribution in [3.63, 3.8) is 0 Å². The van der Waals surface area contributed by atoms with Gasteiger partial charge < -0.3 is 10.6 Å². The average Bonchev–Trinajstić information content (AvgIpc) is 2.15. The van der Waals surface area contributed by atoms with Crippen LogP contribution in [0.3, 0.4) is 0 Å². The fourth-order valence-corrected chi connectivity index (χ4v) is 1.45. The number of halogens is 2. The second kappa shape index (κ2) is 8.84. The van der Waals surface area contributed by atoms with Crippen LogP contribution in [0.25, 0.3) is 0 Å². The molecule has 15 heavy (non-hydrogen) atoms. The summed E-state index contributed by atoms with van der Waals surface area (Å²) < 4.78 is 0. The lowest BCUT2D eigenvalue weighted by Gasteiger charge is -2.16. The van der Waals surface area contributed by atoms with E-state index in [2.05, 4.69) is 43.3 Å². The van der Waals surface area contributed by atoms with Gasteiger partial charge in [-0.3, -0.25) is 0 Å². The van der Waals surface area contributed by atoms with Crippen LogP contribution in [0, 0.1) is 0 Å². The van der Waals surface area contributed by atoms with Gasteiger partial charge in [-0.1, -0.05) is 18.2 Å². The SMILES string of the molecule is CN(C)c1ccccc1CCCN.Cl.Cl. The fourth-order valence-electron chi connectivity index (χ4n) is 1.45. The quantitative estimate of drug-likeness (QED) is 0.890. The first-order valence-electron chi connectivity index (χ1n) is 4.71. The summed E-state index contributed by atoms with van der Waals surface area (Å²) in [5, 5.41) is 0. The van der Waals surface area contributed by atoms with E-state index in [1.54, 1.807) is 0 Å². The molecule has 0 aromatic heterocycles. The van der Waals surface area contributed by atoms with Gasteiger partial charge in [-0.15, -0.1) is 24.8 Å². The molecule has 0 spiro atoms. The van der Waals surface area contributed by atoms with Crippen LogP contribution in [-0.2, 0) is 6.42 Å². The zero-order valence-corrected chi connectivity index (χ0v) is 10.9. The van der Waals surface area contributed by atoms with Gasteiger partial charge in [-0.25, -0.2) is 0 Å². The molecule has 1 aromatic carbocycles. The molecule has 1 aromatic rings. The Labute approximate surface area is 105 Å². The largest absolute Gasteiger partial charge is 0.377 e. The van der Waals surface area contributed by atoms with Crippen LogP contribution >= 0.6 is 24.8 Å². The van der Waals surface area contributed by atoms with E-state index in [0.29, 0.717) is 0 Å². The van der Waals surface area contributed by atoms with Crippen LogP contribution in [-0.4, -0.2) is 20.6 Å². The highest BCUT2D eigenvalue weighted by atomic mass is 35.5. The van der Waals surface area contributed by atoms with Gasteiger partial charge in [0.25, 0.3) is 0 Å². The summed E-state index contributed by atoms with van der Waals surface area (Å²) in [4.78, 5) is 2.14. The van der Waals surface area contributed by atoms with Crippen molar-refractivity contribution in [2.24, 2.45) is 5.73 Å². The minimum atomic E-state index is 0. The molecule has 4 heteroatoms. The van der Waals surface area contributed by atoms with Crippen molar-refractivity contribution in [1.82, 2.24) is 0 Å². The Kier molecular flexibility index (Phi) is 10.00. The van der Waals surface area contributed by atoms with Crippen molar-refractivity contribution in [3.05, 3.63) is 29.8 Å². The smallest absolute Gasteiger partial charge is 0.0393 e. The van der Waals surface area contributed by atoms with Gasteiger partial charge in [0.2, 0.25) is 0 Å². The Hall–Kier alpha value is -0.440. The van der Waals surface area contributed by atoms with E-state index in [0.717, 1.165) is 19.4 Å². The second-order valence-electron chi connectivity index (χ2n) is 3.42. The molecule has 0 saturated heterocycles. The maximum absolute atomic E-state index is 5.49. The number of aryl methyl sites for hydroxylation is 1. The van der Waals surface area contributed by atoms with Gasteiger partial charge in [0.15, 0.2) is 0 Å². The highest BCUT2D eigenvalue weighted by molar-refractivity contribution is 5.85. The van der Waals surface area contributed by atoms with E-state index in [4.69, 9.17) is 5.73 Å². The summed E-state index contributed by atoms with van der Waals surface area (Å²) in [5.74, 6) is 0. The number of anilines is 1. The molecule has 0 heterocycles. The topological polar surface area (TPSA) is 29.3 Å². The fraction of sp³-hybridized carbons (Fsp3) is 0.455.